The zero-order chi connectivity index (χ0) is 15.5. The quantitative estimate of drug-likeness (QED) is 0.273. The van der Waals surface area contributed by atoms with Gasteiger partial charge in [-0.3, -0.25) is 10.1 Å². The fraction of sp³-hybridized carbons (Fsp3) is 0.0556. The van der Waals surface area contributed by atoms with Crippen LogP contribution in [0.2, 0.25) is 0 Å². The lowest BCUT2D eigenvalue weighted by atomic mass is 10.1. The van der Waals surface area contributed by atoms with Gasteiger partial charge in [0, 0.05) is 35.7 Å². The Labute approximate surface area is 151 Å². The molecule has 116 valence electrons. The molecule has 0 N–H and O–H groups in total. The van der Waals surface area contributed by atoms with E-state index in [2.05, 4.69) is 28.8 Å². The number of aryl methyl sites for hydroxylation is 1. The molecule has 0 aliphatic carbocycles. The molecule has 0 saturated carbocycles. The number of hydrogen-bond acceptors (Lipinski definition) is 2. The molecule has 2 aromatic carbocycles. The number of pyridine rings is 1. The molecule has 0 unspecified atom stereocenters. The van der Waals surface area contributed by atoms with Crippen molar-refractivity contribution in [3.63, 3.8) is 0 Å². The van der Waals surface area contributed by atoms with E-state index in [9.17, 15) is 10.1 Å². The van der Waals surface area contributed by atoms with E-state index in [-0.39, 0.29) is 29.7 Å². The Morgan fingerprint density at radius 3 is 2.35 bits per heavy atom. The van der Waals surface area contributed by atoms with E-state index in [1.54, 1.807) is 12.1 Å². The van der Waals surface area contributed by atoms with Crippen molar-refractivity contribution >= 4 is 28.7 Å². The van der Waals surface area contributed by atoms with E-state index in [1.807, 2.05) is 31.3 Å². The lowest BCUT2D eigenvalue weighted by Gasteiger charge is -1.99. The van der Waals surface area contributed by atoms with Gasteiger partial charge in [0.05, 0.1) is 4.92 Å². The van der Waals surface area contributed by atoms with Crippen LogP contribution in [0.15, 0.2) is 60.7 Å². The second-order valence-electron chi connectivity index (χ2n) is 5.06. The monoisotopic (exact) mass is 418 g/mol. The highest BCUT2D eigenvalue weighted by atomic mass is 127. The first-order chi connectivity index (χ1) is 10.6. The maximum atomic E-state index is 10.6. The minimum atomic E-state index is -0.392. The highest BCUT2D eigenvalue weighted by molar-refractivity contribution is 5.77. The first-order valence-electron chi connectivity index (χ1n) is 6.95. The third kappa shape index (κ3) is 3.73. The Bertz CT molecular complexity index is 874. The maximum Gasteiger partial charge on any atom is 0.269 e. The molecule has 0 aliphatic heterocycles. The molecule has 3 aromatic rings. The molecule has 23 heavy (non-hydrogen) atoms. The SMILES string of the molecule is C[n+]1c(C=Cc2ccc([N+](=O)[O-])cc2)ccc2ccccc21.[I-]. The molecule has 1 aromatic heterocycles. The summed E-state index contributed by atoms with van der Waals surface area (Å²) >= 11 is 0. The third-order valence-electron chi connectivity index (χ3n) is 3.67. The van der Waals surface area contributed by atoms with Gasteiger partial charge in [0.15, 0.2) is 0 Å². The standard InChI is InChI=1S/C18H15N2O2.HI/c1-19-16(13-9-15-4-2-3-5-18(15)19)10-6-14-7-11-17(12-8-14)20(21)22;/h2-13H,1H3;1H/q+1;/p-1. The van der Waals surface area contributed by atoms with Crippen LogP contribution in [-0.4, -0.2) is 4.92 Å². The molecule has 0 saturated heterocycles. The number of para-hydroxylation sites is 1. The summed E-state index contributed by atoms with van der Waals surface area (Å²) in [5.74, 6) is 0. The zero-order valence-corrected chi connectivity index (χ0v) is 14.7. The summed E-state index contributed by atoms with van der Waals surface area (Å²) in [5, 5.41) is 11.8. The summed E-state index contributed by atoms with van der Waals surface area (Å²) in [6.07, 6.45) is 3.96. The second kappa shape index (κ2) is 7.32. The Morgan fingerprint density at radius 1 is 0.957 bits per heavy atom. The predicted molar refractivity (Wildman–Crippen MR) is 87.1 cm³/mol. The van der Waals surface area contributed by atoms with Crippen LogP contribution >= 0.6 is 0 Å². The molecule has 0 spiro atoms. The Balaban J connectivity index is 0.00000192. The lowest BCUT2D eigenvalue weighted by Crippen LogP contribution is -3.00. The number of hydrogen-bond donors (Lipinski definition) is 0. The Kier molecular flexibility index (Phi) is 5.44. The number of fused-ring (bicyclic) bond motifs is 1. The van der Waals surface area contributed by atoms with Gasteiger partial charge < -0.3 is 24.0 Å². The number of aromatic nitrogens is 1. The molecule has 5 heteroatoms. The predicted octanol–water partition coefficient (Wildman–Crippen LogP) is 0.747. The molecule has 4 nitrogen and oxygen atoms in total. The highest BCUT2D eigenvalue weighted by Gasteiger charge is 2.08. The van der Waals surface area contributed by atoms with Gasteiger partial charge in [0.2, 0.25) is 11.2 Å². The van der Waals surface area contributed by atoms with Crippen molar-refractivity contribution in [3.05, 3.63) is 82.0 Å². The summed E-state index contributed by atoms with van der Waals surface area (Å²) in [6.45, 7) is 0. The summed E-state index contributed by atoms with van der Waals surface area (Å²) in [7, 11) is 2.03. The van der Waals surface area contributed by atoms with Crippen molar-refractivity contribution in [2.75, 3.05) is 0 Å². The van der Waals surface area contributed by atoms with Crippen molar-refractivity contribution < 1.29 is 33.5 Å². The lowest BCUT2D eigenvalue weighted by molar-refractivity contribution is -0.646. The van der Waals surface area contributed by atoms with Gasteiger partial charge in [0.1, 0.15) is 7.05 Å². The fourth-order valence-electron chi connectivity index (χ4n) is 2.42. The van der Waals surface area contributed by atoms with Gasteiger partial charge in [-0.2, -0.15) is 4.57 Å². The van der Waals surface area contributed by atoms with Crippen molar-refractivity contribution in [2.45, 2.75) is 0 Å². The number of rotatable bonds is 3. The molecule has 0 bridgehead atoms. The zero-order valence-electron chi connectivity index (χ0n) is 12.5. The molecule has 0 aliphatic rings. The molecule has 0 amide bonds. The van der Waals surface area contributed by atoms with E-state index in [1.165, 1.54) is 17.5 Å². The molecule has 0 radical (unpaired) electrons. The van der Waals surface area contributed by atoms with Crippen molar-refractivity contribution in [2.24, 2.45) is 7.05 Å². The van der Waals surface area contributed by atoms with E-state index >= 15 is 0 Å². The Morgan fingerprint density at radius 2 is 1.65 bits per heavy atom. The average Bonchev–Trinajstić information content (AvgIpc) is 2.55. The smallest absolute Gasteiger partial charge is 0.269 e. The maximum absolute atomic E-state index is 10.6. The number of nitrogens with zero attached hydrogens (tertiary/aromatic N) is 2. The number of benzene rings is 2. The summed E-state index contributed by atoms with van der Waals surface area (Å²) in [4.78, 5) is 10.3. The topological polar surface area (TPSA) is 47.0 Å². The first kappa shape index (κ1) is 17.1. The van der Waals surface area contributed by atoms with E-state index in [0.717, 1.165) is 16.8 Å². The van der Waals surface area contributed by atoms with Crippen molar-refractivity contribution in [3.8, 4) is 0 Å². The van der Waals surface area contributed by atoms with E-state index in [0.29, 0.717) is 0 Å². The number of nitro groups is 1. The van der Waals surface area contributed by atoms with Gasteiger partial charge in [-0.25, -0.2) is 0 Å². The minimum Gasteiger partial charge on any atom is -1.00 e. The van der Waals surface area contributed by atoms with Crippen LogP contribution in [-0.2, 0) is 7.05 Å². The van der Waals surface area contributed by atoms with Crippen molar-refractivity contribution in [1.29, 1.82) is 0 Å². The van der Waals surface area contributed by atoms with Gasteiger partial charge in [-0.15, -0.1) is 0 Å². The van der Waals surface area contributed by atoms with E-state index in [4.69, 9.17) is 0 Å². The number of non-ortho nitro benzene ring substituents is 1. The number of halogens is 1. The van der Waals surface area contributed by atoms with Crippen LogP contribution < -0.4 is 28.5 Å². The summed E-state index contributed by atoms with van der Waals surface area (Å²) in [6, 6.07) is 18.9. The third-order valence-corrected chi connectivity index (χ3v) is 3.67. The highest BCUT2D eigenvalue weighted by Crippen LogP contribution is 2.15. The molecular weight excluding hydrogens is 403 g/mol. The molecule has 1 heterocycles. The van der Waals surface area contributed by atoms with E-state index < -0.39 is 4.92 Å². The van der Waals surface area contributed by atoms with Crippen LogP contribution in [0, 0.1) is 10.1 Å². The summed E-state index contributed by atoms with van der Waals surface area (Å²) < 4.78 is 2.12. The number of nitro benzene ring substituents is 1. The van der Waals surface area contributed by atoms with Crippen LogP contribution in [0.3, 0.4) is 0 Å². The van der Waals surface area contributed by atoms with Gasteiger partial charge in [0.25, 0.3) is 5.69 Å². The normalized spacial score (nSPS) is 10.7. The fourth-order valence-corrected chi connectivity index (χ4v) is 2.42. The molecular formula is C18H15IN2O2. The molecule has 3 rings (SSSR count). The van der Waals surface area contributed by atoms with Crippen LogP contribution in [0.25, 0.3) is 23.1 Å². The molecule has 0 fully saturated rings. The largest absolute Gasteiger partial charge is 1.00 e. The first-order valence-corrected chi connectivity index (χ1v) is 6.95. The van der Waals surface area contributed by atoms with Crippen LogP contribution in [0.4, 0.5) is 5.69 Å². The second-order valence-corrected chi connectivity index (χ2v) is 5.06. The van der Waals surface area contributed by atoms with Crippen LogP contribution in [0.1, 0.15) is 11.3 Å². The minimum absolute atomic E-state index is 0. The van der Waals surface area contributed by atoms with Crippen molar-refractivity contribution in [1.82, 2.24) is 0 Å². The Hall–Kier alpha value is -2.28. The molecule has 0 atom stereocenters. The average molecular weight is 418 g/mol. The van der Waals surface area contributed by atoms with Gasteiger partial charge in [-0.05, 0) is 35.9 Å². The van der Waals surface area contributed by atoms with Crippen LogP contribution in [0.5, 0.6) is 0 Å². The summed E-state index contributed by atoms with van der Waals surface area (Å²) in [5.41, 5.74) is 3.26. The van der Waals surface area contributed by atoms with Gasteiger partial charge >= 0.3 is 0 Å². The van der Waals surface area contributed by atoms with Gasteiger partial charge in [-0.1, -0.05) is 12.1 Å².